The molecule has 1 N–H and O–H groups in total. The number of carbonyl (C=O) groups is 1. The number of aryl methyl sites for hydroxylation is 3. The molecule has 2 heterocycles. The molecule has 3 aromatic rings. The summed E-state index contributed by atoms with van der Waals surface area (Å²) in [6.45, 7) is 9.26. The largest absolute Gasteiger partial charge is 0.351 e. The van der Waals surface area contributed by atoms with Crippen LogP contribution in [0.1, 0.15) is 41.3 Å². The van der Waals surface area contributed by atoms with Crippen LogP contribution in [0.2, 0.25) is 0 Å². The highest BCUT2D eigenvalue weighted by atomic mass is 32.2. The number of carbonyl (C=O) groups excluding carboxylic acids is 1. The second kappa shape index (κ2) is 9.59. The molecule has 1 aromatic carbocycles. The van der Waals surface area contributed by atoms with Crippen molar-refractivity contribution in [2.45, 2.75) is 58.8 Å². The van der Waals surface area contributed by atoms with Crippen molar-refractivity contribution >= 4 is 39.2 Å². The summed E-state index contributed by atoms with van der Waals surface area (Å²) in [6, 6.07) is 8.10. The highest BCUT2D eigenvalue weighted by Gasteiger charge is 2.17. The molecule has 0 aliphatic rings. The molecule has 0 unspecified atom stereocenters. The van der Waals surface area contributed by atoms with E-state index in [1.807, 2.05) is 45.0 Å². The van der Waals surface area contributed by atoms with E-state index in [-0.39, 0.29) is 17.2 Å². The van der Waals surface area contributed by atoms with Gasteiger partial charge in [0.05, 0.1) is 11.1 Å². The Morgan fingerprint density at radius 2 is 1.93 bits per heavy atom. The summed E-state index contributed by atoms with van der Waals surface area (Å²) in [7, 11) is 0. The van der Waals surface area contributed by atoms with Crippen LogP contribution in [-0.4, -0.2) is 21.2 Å². The Balaban J connectivity index is 1.74. The van der Waals surface area contributed by atoms with Crippen LogP contribution in [-0.2, 0) is 17.9 Å². The predicted molar refractivity (Wildman–Crippen MR) is 122 cm³/mol. The quantitative estimate of drug-likeness (QED) is 0.420. The van der Waals surface area contributed by atoms with Crippen molar-refractivity contribution in [3.63, 3.8) is 0 Å². The number of fused-ring (bicyclic) bond motifs is 1. The summed E-state index contributed by atoms with van der Waals surface area (Å²) in [6.07, 6.45) is 1.90. The Morgan fingerprint density at radius 1 is 1.21 bits per heavy atom. The Kier molecular flexibility index (Phi) is 7.14. The molecule has 3 rings (SSSR count). The first-order valence-electron chi connectivity index (χ1n) is 9.86. The smallest absolute Gasteiger partial charge is 0.263 e. The van der Waals surface area contributed by atoms with Crippen molar-refractivity contribution in [3.8, 4) is 0 Å². The molecule has 0 saturated carbocycles. The van der Waals surface area contributed by atoms with E-state index in [4.69, 9.17) is 4.98 Å². The van der Waals surface area contributed by atoms with Crippen LogP contribution in [0.5, 0.6) is 0 Å². The first-order valence-corrected chi connectivity index (χ1v) is 11.7. The van der Waals surface area contributed by atoms with Gasteiger partial charge in [-0.15, -0.1) is 11.3 Å². The van der Waals surface area contributed by atoms with Gasteiger partial charge in [-0.3, -0.25) is 14.2 Å². The Morgan fingerprint density at radius 3 is 2.62 bits per heavy atom. The minimum Gasteiger partial charge on any atom is -0.351 e. The van der Waals surface area contributed by atoms with Gasteiger partial charge < -0.3 is 5.32 Å². The zero-order valence-electron chi connectivity index (χ0n) is 17.4. The molecule has 5 nitrogen and oxygen atoms in total. The van der Waals surface area contributed by atoms with E-state index in [1.54, 1.807) is 15.9 Å². The van der Waals surface area contributed by atoms with Gasteiger partial charge in [-0.05, 0) is 38.3 Å². The van der Waals surface area contributed by atoms with Gasteiger partial charge in [-0.2, -0.15) is 0 Å². The van der Waals surface area contributed by atoms with E-state index in [0.29, 0.717) is 18.2 Å². The van der Waals surface area contributed by atoms with Crippen molar-refractivity contribution in [2.24, 2.45) is 0 Å². The number of amides is 1. The van der Waals surface area contributed by atoms with Gasteiger partial charge in [0.25, 0.3) is 5.56 Å². The average Bonchev–Trinajstić information content (AvgIpc) is 2.99. The maximum absolute atomic E-state index is 13.1. The highest BCUT2D eigenvalue weighted by molar-refractivity contribution is 7.99. The molecular formula is C22H27N3O2S2. The molecule has 0 saturated heterocycles. The molecule has 7 heteroatoms. The van der Waals surface area contributed by atoms with E-state index in [0.717, 1.165) is 39.1 Å². The molecule has 0 aliphatic carbocycles. The third-order valence-electron chi connectivity index (χ3n) is 4.93. The predicted octanol–water partition coefficient (Wildman–Crippen LogP) is 4.59. The van der Waals surface area contributed by atoms with Crippen LogP contribution in [0.4, 0.5) is 0 Å². The van der Waals surface area contributed by atoms with Gasteiger partial charge in [-0.25, -0.2) is 4.98 Å². The molecule has 0 radical (unpaired) electrons. The molecule has 0 bridgehead atoms. The van der Waals surface area contributed by atoms with E-state index in [1.165, 1.54) is 17.3 Å². The van der Waals surface area contributed by atoms with Crippen LogP contribution in [0.15, 0.2) is 34.2 Å². The molecule has 1 amide bonds. The number of benzene rings is 1. The molecule has 0 fully saturated rings. The Bertz CT molecular complexity index is 1070. The average molecular weight is 430 g/mol. The number of thiophene rings is 1. The van der Waals surface area contributed by atoms with Gasteiger partial charge in [-0.1, -0.05) is 54.9 Å². The summed E-state index contributed by atoms with van der Waals surface area (Å²) in [5.74, 6) is 0.171. The Labute approximate surface area is 179 Å². The molecule has 0 aliphatic heterocycles. The number of nitrogens with one attached hydrogen (secondary N) is 1. The topological polar surface area (TPSA) is 64.0 Å². The van der Waals surface area contributed by atoms with Crippen molar-refractivity contribution in [2.75, 3.05) is 5.75 Å². The number of hydrogen-bond acceptors (Lipinski definition) is 5. The summed E-state index contributed by atoms with van der Waals surface area (Å²) >= 11 is 2.88. The maximum atomic E-state index is 13.1. The SMILES string of the molecule is CCCCn1c(SCC(=O)NCc2ccc(C)cc2)nc2sc(C)c(C)c2c1=O. The summed E-state index contributed by atoms with van der Waals surface area (Å²) in [5, 5.41) is 4.29. The lowest BCUT2D eigenvalue weighted by Gasteiger charge is -2.12. The number of unbranched alkanes of at least 4 members (excludes halogenated alkanes) is 1. The van der Waals surface area contributed by atoms with Crippen molar-refractivity contribution in [1.82, 2.24) is 14.9 Å². The lowest BCUT2D eigenvalue weighted by molar-refractivity contribution is -0.118. The van der Waals surface area contributed by atoms with E-state index >= 15 is 0 Å². The standard InChI is InChI=1S/C22H27N3O2S2/c1-5-6-11-25-21(27)19-15(3)16(4)29-20(19)24-22(25)28-13-18(26)23-12-17-9-7-14(2)8-10-17/h7-10H,5-6,11-13H2,1-4H3,(H,23,26). The van der Waals surface area contributed by atoms with Crippen LogP contribution in [0.3, 0.4) is 0 Å². The maximum Gasteiger partial charge on any atom is 0.263 e. The van der Waals surface area contributed by atoms with E-state index in [9.17, 15) is 9.59 Å². The minimum atomic E-state index is -0.0643. The second-order valence-corrected chi connectivity index (χ2v) is 9.36. The number of rotatable bonds is 8. The molecule has 0 spiro atoms. The minimum absolute atomic E-state index is 0.00728. The molecule has 29 heavy (non-hydrogen) atoms. The van der Waals surface area contributed by atoms with Crippen LogP contribution < -0.4 is 10.9 Å². The number of hydrogen-bond donors (Lipinski definition) is 1. The van der Waals surface area contributed by atoms with Crippen LogP contribution in [0.25, 0.3) is 10.2 Å². The van der Waals surface area contributed by atoms with Gasteiger partial charge in [0.1, 0.15) is 4.83 Å². The molecule has 0 atom stereocenters. The third-order valence-corrected chi connectivity index (χ3v) is 7.01. The lowest BCUT2D eigenvalue weighted by atomic mass is 10.1. The first kappa shape index (κ1) is 21.6. The fraction of sp³-hybridized carbons (Fsp3) is 0.409. The summed E-state index contributed by atoms with van der Waals surface area (Å²) in [5.41, 5.74) is 3.28. The monoisotopic (exact) mass is 429 g/mol. The lowest BCUT2D eigenvalue weighted by Crippen LogP contribution is -2.26. The fourth-order valence-electron chi connectivity index (χ4n) is 3.02. The van der Waals surface area contributed by atoms with Gasteiger partial charge in [0.15, 0.2) is 5.16 Å². The number of aromatic nitrogens is 2. The van der Waals surface area contributed by atoms with Gasteiger partial charge in [0.2, 0.25) is 5.91 Å². The van der Waals surface area contributed by atoms with Crippen molar-refractivity contribution < 1.29 is 4.79 Å². The van der Waals surface area contributed by atoms with Crippen molar-refractivity contribution in [1.29, 1.82) is 0 Å². The number of thioether (sulfide) groups is 1. The molecular weight excluding hydrogens is 402 g/mol. The Hall–Kier alpha value is -2.12. The first-order chi connectivity index (χ1) is 13.9. The fourth-order valence-corrected chi connectivity index (χ4v) is 4.95. The zero-order chi connectivity index (χ0) is 21.0. The number of nitrogens with zero attached hydrogens (tertiary/aromatic N) is 2. The molecule has 154 valence electrons. The van der Waals surface area contributed by atoms with E-state index in [2.05, 4.69) is 12.2 Å². The second-order valence-electron chi connectivity index (χ2n) is 7.22. The van der Waals surface area contributed by atoms with Crippen LogP contribution >= 0.6 is 23.1 Å². The molecule has 2 aromatic heterocycles. The zero-order valence-corrected chi connectivity index (χ0v) is 19.0. The van der Waals surface area contributed by atoms with Crippen molar-refractivity contribution in [3.05, 3.63) is 56.2 Å². The highest BCUT2D eigenvalue weighted by Crippen LogP contribution is 2.28. The summed E-state index contributed by atoms with van der Waals surface area (Å²) in [4.78, 5) is 32.0. The van der Waals surface area contributed by atoms with E-state index < -0.39 is 0 Å². The summed E-state index contributed by atoms with van der Waals surface area (Å²) < 4.78 is 1.74. The van der Waals surface area contributed by atoms with Crippen LogP contribution in [0, 0.1) is 20.8 Å². The van der Waals surface area contributed by atoms with Gasteiger partial charge in [0, 0.05) is 18.0 Å². The normalized spacial score (nSPS) is 11.2. The third kappa shape index (κ3) is 5.08. The van der Waals surface area contributed by atoms with Gasteiger partial charge >= 0.3 is 0 Å².